The van der Waals surface area contributed by atoms with E-state index in [1.807, 2.05) is 38.1 Å². The third kappa shape index (κ3) is 6.27. The standard InChI is InChI=1S/C26H33N3O5/c1-4-19-7-9-20(10-8-19)26(32)29-15-13-28(14-16-29)24(30)18-27-25(31)21-11-12-22(33-5-2)23(17-21)34-6-3/h7-12,17H,4-6,13-16,18H2,1-3H3,(H,27,31). The zero-order chi connectivity index (χ0) is 24.5. The minimum Gasteiger partial charge on any atom is -0.490 e. The van der Waals surface area contributed by atoms with Crippen LogP contribution in [0.15, 0.2) is 42.5 Å². The molecule has 3 rings (SSSR count). The topological polar surface area (TPSA) is 88.2 Å². The zero-order valence-electron chi connectivity index (χ0n) is 20.1. The van der Waals surface area contributed by atoms with E-state index in [-0.39, 0.29) is 24.3 Å². The van der Waals surface area contributed by atoms with E-state index in [9.17, 15) is 14.4 Å². The van der Waals surface area contributed by atoms with Gasteiger partial charge in [-0.3, -0.25) is 14.4 Å². The molecular weight excluding hydrogens is 434 g/mol. The molecule has 1 aliphatic heterocycles. The molecule has 0 spiro atoms. The van der Waals surface area contributed by atoms with Crippen LogP contribution in [-0.4, -0.2) is 73.5 Å². The largest absolute Gasteiger partial charge is 0.490 e. The van der Waals surface area contributed by atoms with Crippen LogP contribution in [0, 0.1) is 0 Å². The Labute approximate surface area is 200 Å². The molecule has 8 heteroatoms. The fourth-order valence-electron chi connectivity index (χ4n) is 3.79. The molecule has 0 bridgehead atoms. The molecule has 0 unspecified atom stereocenters. The molecule has 0 atom stereocenters. The quantitative estimate of drug-likeness (QED) is 0.613. The number of aryl methyl sites for hydroxylation is 1. The number of hydrogen-bond acceptors (Lipinski definition) is 5. The zero-order valence-corrected chi connectivity index (χ0v) is 20.1. The summed E-state index contributed by atoms with van der Waals surface area (Å²) < 4.78 is 11.1. The molecule has 3 amide bonds. The van der Waals surface area contributed by atoms with E-state index in [0.717, 1.165) is 6.42 Å². The average Bonchev–Trinajstić information content (AvgIpc) is 2.88. The van der Waals surface area contributed by atoms with Crippen LogP contribution in [0.5, 0.6) is 11.5 Å². The Morgan fingerprint density at radius 2 is 1.38 bits per heavy atom. The number of nitrogens with one attached hydrogen (secondary N) is 1. The second kappa shape index (κ2) is 12.1. The van der Waals surface area contributed by atoms with E-state index < -0.39 is 0 Å². The van der Waals surface area contributed by atoms with E-state index in [1.165, 1.54) is 5.56 Å². The van der Waals surface area contributed by atoms with E-state index in [1.54, 1.807) is 28.0 Å². The molecule has 34 heavy (non-hydrogen) atoms. The highest BCUT2D eigenvalue weighted by Gasteiger charge is 2.25. The highest BCUT2D eigenvalue weighted by atomic mass is 16.5. The van der Waals surface area contributed by atoms with E-state index >= 15 is 0 Å². The monoisotopic (exact) mass is 467 g/mol. The van der Waals surface area contributed by atoms with Crippen LogP contribution in [0.1, 0.15) is 47.1 Å². The van der Waals surface area contributed by atoms with Gasteiger partial charge in [-0.15, -0.1) is 0 Å². The van der Waals surface area contributed by atoms with Crippen molar-refractivity contribution in [2.45, 2.75) is 27.2 Å². The number of carbonyl (C=O) groups is 3. The second-order valence-electron chi connectivity index (χ2n) is 7.93. The Bertz CT molecular complexity index is 998. The molecule has 1 heterocycles. The smallest absolute Gasteiger partial charge is 0.253 e. The lowest BCUT2D eigenvalue weighted by Gasteiger charge is -2.35. The Balaban J connectivity index is 1.49. The fraction of sp³-hybridized carbons (Fsp3) is 0.423. The van der Waals surface area contributed by atoms with Crippen LogP contribution in [0.2, 0.25) is 0 Å². The maximum atomic E-state index is 12.7. The fourth-order valence-corrected chi connectivity index (χ4v) is 3.79. The van der Waals surface area contributed by atoms with Crippen molar-refractivity contribution >= 4 is 17.7 Å². The third-order valence-corrected chi connectivity index (χ3v) is 5.73. The van der Waals surface area contributed by atoms with Crippen molar-refractivity contribution in [1.29, 1.82) is 0 Å². The molecule has 1 N–H and O–H groups in total. The van der Waals surface area contributed by atoms with Crippen molar-refractivity contribution in [2.75, 3.05) is 45.9 Å². The number of carbonyl (C=O) groups excluding carboxylic acids is 3. The summed E-state index contributed by atoms with van der Waals surface area (Å²) >= 11 is 0. The highest BCUT2D eigenvalue weighted by Crippen LogP contribution is 2.28. The van der Waals surface area contributed by atoms with Gasteiger partial charge in [-0.2, -0.15) is 0 Å². The summed E-state index contributed by atoms with van der Waals surface area (Å²) in [5, 5.41) is 2.68. The summed E-state index contributed by atoms with van der Waals surface area (Å²) in [6.45, 7) is 8.43. The Morgan fingerprint density at radius 3 is 2.00 bits per heavy atom. The Kier molecular flexibility index (Phi) is 8.90. The number of nitrogens with zero attached hydrogens (tertiary/aromatic N) is 2. The molecular formula is C26H33N3O5. The molecule has 0 aromatic heterocycles. The van der Waals surface area contributed by atoms with E-state index in [4.69, 9.17) is 9.47 Å². The summed E-state index contributed by atoms with van der Waals surface area (Å²) in [5.41, 5.74) is 2.24. The first-order valence-electron chi connectivity index (χ1n) is 11.8. The van der Waals surface area contributed by atoms with Gasteiger partial charge in [-0.25, -0.2) is 0 Å². The van der Waals surface area contributed by atoms with Crippen LogP contribution >= 0.6 is 0 Å². The lowest BCUT2D eigenvalue weighted by atomic mass is 10.1. The number of amides is 3. The molecule has 1 fully saturated rings. The average molecular weight is 468 g/mol. The minimum absolute atomic E-state index is 0.0244. The predicted octanol–water partition coefficient (Wildman–Crippen LogP) is 2.76. The molecule has 0 saturated carbocycles. The highest BCUT2D eigenvalue weighted by molar-refractivity contribution is 5.97. The molecule has 1 saturated heterocycles. The van der Waals surface area contributed by atoms with E-state index in [2.05, 4.69) is 12.2 Å². The first kappa shape index (κ1) is 25.1. The van der Waals surface area contributed by atoms with Crippen molar-refractivity contribution in [1.82, 2.24) is 15.1 Å². The summed E-state index contributed by atoms with van der Waals surface area (Å²) in [5.74, 6) is 0.508. The lowest BCUT2D eigenvalue weighted by molar-refractivity contribution is -0.131. The van der Waals surface area contributed by atoms with Gasteiger partial charge in [0.1, 0.15) is 0 Å². The van der Waals surface area contributed by atoms with Gasteiger partial charge in [0.2, 0.25) is 5.91 Å². The van der Waals surface area contributed by atoms with Crippen molar-refractivity contribution in [3.63, 3.8) is 0 Å². The van der Waals surface area contributed by atoms with Crippen molar-refractivity contribution in [2.24, 2.45) is 0 Å². The molecule has 0 radical (unpaired) electrons. The summed E-state index contributed by atoms with van der Waals surface area (Å²) in [7, 11) is 0. The van der Waals surface area contributed by atoms with Gasteiger partial charge in [0.05, 0.1) is 19.8 Å². The molecule has 8 nitrogen and oxygen atoms in total. The molecule has 2 aromatic rings. The maximum Gasteiger partial charge on any atom is 0.253 e. The number of hydrogen-bond donors (Lipinski definition) is 1. The number of ether oxygens (including phenoxy) is 2. The Morgan fingerprint density at radius 1 is 0.794 bits per heavy atom. The maximum absolute atomic E-state index is 12.7. The van der Waals surface area contributed by atoms with E-state index in [0.29, 0.717) is 62.0 Å². The van der Waals surface area contributed by atoms with Gasteiger partial charge in [0.15, 0.2) is 11.5 Å². The van der Waals surface area contributed by atoms with Gasteiger partial charge < -0.3 is 24.6 Å². The van der Waals surface area contributed by atoms with Gasteiger partial charge in [0, 0.05) is 37.3 Å². The van der Waals surface area contributed by atoms with Crippen molar-refractivity contribution in [3.8, 4) is 11.5 Å². The SMILES string of the molecule is CCOc1ccc(C(=O)NCC(=O)N2CCN(C(=O)c3ccc(CC)cc3)CC2)cc1OCC. The second-order valence-corrected chi connectivity index (χ2v) is 7.93. The summed E-state index contributed by atoms with van der Waals surface area (Å²) in [4.78, 5) is 41.4. The van der Waals surface area contributed by atoms with Crippen LogP contribution in [-0.2, 0) is 11.2 Å². The van der Waals surface area contributed by atoms with Crippen LogP contribution in [0.25, 0.3) is 0 Å². The summed E-state index contributed by atoms with van der Waals surface area (Å²) in [6, 6.07) is 12.6. The van der Waals surface area contributed by atoms with Gasteiger partial charge >= 0.3 is 0 Å². The molecule has 182 valence electrons. The molecule has 2 aromatic carbocycles. The van der Waals surface area contributed by atoms with Crippen LogP contribution in [0.3, 0.4) is 0 Å². The Hall–Kier alpha value is -3.55. The van der Waals surface area contributed by atoms with Gasteiger partial charge in [0.25, 0.3) is 11.8 Å². The lowest BCUT2D eigenvalue weighted by Crippen LogP contribution is -2.52. The van der Waals surface area contributed by atoms with Gasteiger partial charge in [-0.1, -0.05) is 19.1 Å². The van der Waals surface area contributed by atoms with Crippen molar-refractivity contribution < 1.29 is 23.9 Å². The first-order valence-corrected chi connectivity index (χ1v) is 11.8. The third-order valence-electron chi connectivity index (χ3n) is 5.73. The summed E-state index contributed by atoms with van der Waals surface area (Å²) in [6.07, 6.45) is 0.929. The normalized spacial score (nSPS) is 13.4. The van der Waals surface area contributed by atoms with Crippen LogP contribution < -0.4 is 14.8 Å². The number of rotatable bonds is 9. The number of piperazine rings is 1. The van der Waals surface area contributed by atoms with Crippen molar-refractivity contribution in [3.05, 3.63) is 59.2 Å². The first-order chi connectivity index (χ1) is 16.5. The van der Waals surface area contributed by atoms with Gasteiger partial charge in [-0.05, 0) is 56.2 Å². The minimum atomic E-state index is -0.360. The molecule has 1 aliphatic rings. The van der Waals surface area contributed by atoms with Crippen LogP contribution in [0.4, 0.5) is 0 Å². The number of benzene rings is 2. The predicted molar refractivity (Wildman–Crippen MR) is 129 cm³/mol. The molecule has 0 aliphatic carbocycles.